The number of carboxylic acid groups (broad SMARTS) is 1. The Labute approximate surface area is 96.3 Å². The van der Waals surface area contributed by atoms with Crippen LogP contribution in [0.5, 0.6) is 0 Å². The molecule has 4 nitrogen and oxygen atoms in total. The summed E-state index contributed by atoms with van der Waals surface area (Å²) in [6, 6.07) is 11.3. The number of hydrogen-bond donors (Lipinski definition) is 1. The van der Waals surface area contributed by atoms with Crippen molar-refractivity contribution in [1.29, 1.82) is 0 Å². The van der Waals surface area contributed by atoms with Gasteiger partial charge in [-0.25, -0.2) is 0 Å². The van der Waals surface area contributed by atoms with Crippen LogP contribution < -0.4 is 0 Å². The van der Waals surface area contributed by atoms with E-state index in [1.165, 1.54) is 0 Å². The van der Waals surface area contributed by atoms with Gasteiger partial charge in [-0.1, -0.05) is 47.3 Å². The number of aromatic nitrogens is 1. The van der Waals surface area contributed by atoms with Gasteiger partial charge in [0.2, 0.25) is 0 Å². The minimum absolute atomic E-state index is 0.0131. The molecule has 0 aliphatic rings. The molecule has 0 atom stereocenters. The molecule has 0 unspecified atom stereocenters. The molecule has 0 radical (unpaired) electrons. The Bertz CT molecular complexity index is 481. The van der Waals surface area contributed by atoms with E-state index in [4.69, 9.17) is 9.63 Å². The van der Waals surface area contributed by atoms with Gasteiger partial charge in [-0.15, -0.1) is 0 Å². The van der Waals surface area contributed by atoms with Gasteiger partial charge < -0.3 is 9.63 Å². The van der Waals surface area contributed by atoms with E-state index < -0.39 is 5.97 Å². The Morgan fingerprint density at radius 2 is 2.12 bits per heavy atom. The third-order valence-electron chi connectivity index (χ3n) is 1.89. The molecule has 1 N–H and O–H groups in total. The van der Waals surface area contributed by atoms with Crippen LogP contribution >= 0.6 is 11.8 Å². The summed E-state index contributed by atoms with van der Waals surface area (Å²) >= 11 is 1.14. The van der Waals surface area contributed by atoms with Gasteiger partial charge in [0.05, 0.1) is 5.75 Å². The number of carbonyl (C=O) groups is 1. The summed E-state index contributed by atoms with van der Waals surface area (Å²) in [4.78, 5) is 10.4. The second kappa shape index (κ2) is 4.85. The lowest BCUT2D eigenvalue weighted by Crippen LogP contribution is -1.97. The first-order valence-corrected chi connectivity index (χ1v) is 5.61. The van der Waals surface area contributed by atoms with E-state index in [1.54, 1.807) is 6.07 Å². The van der Waals surface area contributed by atoms with Crippen molar-refractivity contribution >= 4 is 17.7 Å². The molecule has 5 heteroatoms. The van der Waals surface area contributed by atoms with E-state index in [-0.39, 0.29) is 5.75 Å². The lowest BCUT2D eigenvalue weighted by molar-refractivity contribution is -0.133. The van der Waals surface area contributed by atoms with Crippen molar-refractivity contribution in [3.05, 3.63) is 36.4 Å². The Morgan fingerprint density at radius 1 is 1.38 bits per heavy atom. The molecule has 1 heterocycles. The van der Waals surface area contributed by atoms with Crippen LogP contribution in [-0.4, -0.2) is 22.0 Å². The molecule has 0 aliphatic carbocycles. The smallest absolute Gasteiger partial charge is 0.313 e. The highest BCUT2D eigenvalue weighted by Crippen LogP contribution is 2.24. The number of carboxylic acids is 1. The highest BCUT2D eigenvalue weighted by Gasteiger charge is 2.08. The molecule has 0 saturated heterocycles. The van der Waals surface area contributed by atoms with E-state index >= 15 is 0 Å². The number of thioether (sulfide) groups is 1. The van der Waals surface area contributed by atoms with Gasteiger partial charge in [0.15, 0.2) is 5.76 Å². The van der Waals surface area contributed by atoms with Crippen molar-refractivity contribution in [2.75, 3.05) is 5.75 Å². The summed E-state index contributed by atoms with van der Waals surface area (Å²) in [5, 5.41) is 12.9. The molecule has 0 spiro atoms. The van der Waals surface area contributed by atoms with Gasteiger partial charge in [0, 0.05) is 11.6 Å². The molecule has 16 heavy (non-hydrogen) atoms. The van der Waals surface area contributed by atoms with Gasteiger partial charge >= 0.3 is 5.97 Å². The van der Waals surface area contributed by atoms with Crippen molar-refractivity contribution in [2.45, 2.75) is 5.03 Å². The molecule has 2 aromatic rings. The van der Waals surface area contributed by atoms with Crippen molar-refractivity contribution in [2.24, 2.45) is 0 Å². The van der Waals surface area contributed by atoms with Gasteiger partial charge in [0.25, 0.3) is 0 Å². The van der Waals surface area contributed by atoms with Crippen LogP contribution in [0.25, 0.3) is 11.3 Å². The Morgan fingerprint density at radius 3 is 2.81 bits per heavy atom. The normalized spacial score (nSPS) is 10.2. The van der Waals surface area contributed by atoms with Crippen LogP contribution in [-0.2, 0) is 4.79 Å². The van der Waals surface area contributed by atoms with Crippen molar-refractivity contribution in [3.8, 4) is 11.3 Å². The average molecular weight is 235 g/mol. The zero-order valence-corrected chi connectivity index (χ0v) is 9.11. The van der Waals surface area contributed by atoms with Crippen molar-refractivity contribution < 1.29 is 14.4 Å². The number of aliphatic carboxylic acids is 1. The molecule has 0 bridgehead atoms. The summed E-state index contributed by atoms with van der Waals surface area (Å²) < 4.78 is 5.12. The first-order valence-electron chi connectivity index (χ1n) is 4.62. The van der Waals surface area contributed by atoms with Crippen molar-refractivity contribution in [1.82, 2.24) is 5.16 Å². The zero-order valence-electron chi connectivity index (χ0n) is 8.29. The molecule has 1 aromatic heterocycles. The third kappa shape index (κ3) is 2.64. The molecular formula is C11H9NO3S. The maximum Gasteiger partial charge on any atom is 0.313 e. The van der Waals surface area contributed by atoms with E-state index in [0.29, 0.717) is 10.8 Å². The summed E-state index contributed by atoms with van der Waals surface area (Å²) in [6.45, 7) is 0. The quantitative estimate of drug-likeness (QED) is 0.825. The largest absolute Gasteiger partial charge is 0.481 e. The number of hydrogen-bond acceptors (Lipinski definition) is 4. The maximum absolute atomic E-state index is 10.4. The fourth-order valence-corrected chi connectivity index (χ4v) is 1.75. The van der Waals surface area contributed by atoms with Gasteiger partial charge in [-0.3, -0.25) is 4.79 Å². The third-order valence-corrected chi connectivity index (χ3v) is 2.77. The molecular weight excluding hydrogens is 226 g/mol. The fraction of sp³-hybridized carbons (Fsp3) is 0.0909. The van der Waals surface area contributed by atoms with Crippen LogP contribution in [0.2, 0.25) is 0 Å². The van der Waals surface area contributed by atoms with Crippen molar-refractivity contribution in [3.63, 3.8) is 0 Å². The minimum atomic E-state index is -0.866. The molecule has 1 aromatic carbocycles. The second-order valence-corrected chi connectivity index (χ2v) is 4.07. The molecule has 82 valence electrons. The monoisotopic (exact) mass is 235 g/mol. The Kier molecular flexibility index (Phi) is 3.26. The van der Waals surface area contributed by atoms with E-state index in [0.717, 1.165) is 17.3 Å². The van der Waals surface area contributed by atoms with E-state index in [1.807, 2.05) is 30.3 Å². The summed E-state index contributed by atoms with van der Waals surface area (Å²) in [5.41, 5.74) is 0.928. The van der Waals surface area contributed by atoms with Gasteiger partial charge in [0.1, 0.15) is 5.03 Å². The number of nitrogens with zero attached hydrogens (tertiary/aromatic N) is 1. The summed E-state index contributed by atoms with van der Waals surface area (Å²) in [6.07, 6.45) is 0. The summed E-state index contributed by atoms with van der Waals surface area (Å²) in [5.74, 6) is -0.233. The lowest BCUT2D eigenvalue weighted by Gasteiger charge is -1.91. The zero-order chi connectivity index (χ0) is 11.4. The molecule has 0 aliphatic heterocycles. The van der Waals surface area contributed by atoms with Crippen LogP contribution in [0.3, 0.4) is 0 Å². The SMILES string of the molecule is O=C(O)CSc1cc(-c2ccccc2)on1. The summed E-state index contributed by atoms with van der Waals surface area (Å²) in [7, 11) is 0. The second-order valence-electron chi connectivity index (χ2n) is 3.08. The van der Waals surface area contributed by atoms with Crippen LogP contribution in [0, 0.1) is 0 Å². The maximum atomic E-state index is 10.4. The topological polar surface area (TPSA) is 63.3 Å². The number of benzene rings is 1. The van der Waals surface area contributed by atoms with Gasteiger partial charge in [-0.05, 0) is 0 Å². The van der Waals surface area contributed by atoms with E-state index in [9.17, 15) is 4.79 Å². The van der Waals surface area contributed by atoms with Gasteiger partial charge in [-0.2, -0.15) is 0 Å². The standard InChI is InChI=1S/C11H9NO3S/c13-11(14)7-16-10-6-9(15-12-10)8-4-2-1-3-5-8/h1-6H,7H2,(H,13,14). The predicted octanol–water partition coefficient (Wildman–Crippen LogP) is 2.52. The first-order chi connectivity index (χ1) is 7.75. The fourth-order valence-electron chi connectivity index (χ4n) is 1.20. The van der Waals surface area contributed by atoms with Crippen LogP contribution in [0.4, 0.5) is 0 Å². The van der Waals surface area contributed by atoms with Crippen LogP contribution in [0.15, 0.2) is 45.9 Å². The van der Waals surface area contributed by atoms with Crippen LogP contribution in [0.1, 0.15) is 0 Å². The Hall–Kier alpha value is -1.75. The molecule has 0 saturated carbocycles. The first kappa shape index (κ1) is 10.8. The molecule has 0 fully saturated rings. The molecule has 0 amide bonds. The molecule has 2 rings (SSSR count). The minimum Gasteiger partial charge on any atom is -0.481 e. The average Bonchev–Trinajstić information content (AvgIpc) is 2.76. The number of rotatable bonds is 4. The Balaban J connectivity index is 2.11. The highest BCUT2D eigenvalue weighted by molar-refractivity contribution is 7.99. The highest BCUT2D eigenvalue weighted by atomic mass is 32.2. The predicted molar refractivity (Wildman–Crippen MR) is 60.3 cm³/mol. The van der Waals surface area contributed by atoms with E-state index in [2.05, 4.69) is 5.16 Å². The lowest BCUT2D eigenvalue weighted by atomic mass is 10.2.